The summed E-state index contributed by atoms with van der Waals surface area (Å²) in [6.07, 6.45) is 8.50. The highest BCUT2D eigenvalue weighted by Gasteiger charge is 2.28. The van der Waals surface area contributed by atoms with E-state index >= 15 is 0 Å². The average Bonchev–Trinajstić information content (AvgIpc) is 2.92. The Morgan fingerprint density at radius 1 is 1.10 bits per heavy atom. The molecule has 0 spiro atoms. The van der Waals surface area contributed by atoms with Crippen molar-refractivity contribution in [3.63, 3.8) is 0 Å². The summed E-state index contributed by atoms with van der Waals surface area (Å²) in [7, 11) is 0. The van der Waals surface area contributed by atoms with Crippen LogP contribution in [0.5, 0.6) is 0 Å². The zero-order valence-electron chi connectivity index (χ0n) is 14.1. The van der Waals surface area contributed by atoms with Gasteiger partial charge < -0.3 is 14.6 Å². The van der Waals surface area contributed by atoms with E-state index < -0.39 is 0 Å². The van der Waals surface area contributed by atoms with Crippen molar-refractivity contribution in [2.45, 2.75) is 59.7 Å². The molecule has 0 bridgehead atoms. The highest BCUT2D eigenvalue weighted by Crippen LogP contribution is 2.28. The van der Waals surface area contributed by atoms with Crippen LogP contribution in [0.2, 0.25) is 0 Å². The fourth-order valence-corrected chi connectivity index (χ4v) is 2.71. The largest absolute Gasteiger partial charge is 0.392 e. The van der Waals surface area contributed by atoms with Crippen molar-refractivity contribution in [3.05, 3.63) is 23.3 Å². The van der Waals surface area contributed by atoms with Crippen molar-refractivity contribution < 1.29 is 14.6 Å². The van der Waals surface area contributed by atoms with Gasteiger partial charge in [-0.05, 0) is 45.4 Å². The van der Waals surface area contributed by atoms with E-state index in [2.05, 4.69) is 33.8 Å². The first-order valence-corrected chi connectivity index (χ1v) is 8.20. The zero-order chi connectivity index (χ0) is 15.7. The second-order valence-electron chi connectivity index (χ2n) is 6.38. The maximum absolute atomic E-state index is 8.83. The molecule has 1 saturated heterocycles. The summed E-state index contributed by atoms with van der Waals surface area (Å²) in [4.78, 5) is 0. The third kappa shape index (κ3) is 7.25. The minimum Gasteiger partial charge on any atom is -0.392 e. The van der Waals surface area contributed by atoms with E-state index in [0.29, 0.717) is 11.8 Å². The van der Waals surface area contributed by atoms with Gasteiger partial charge in [-0.25, -0.2) is 0 Å². The van der Waals surface area contributed by atoms with Gasteiger partial charge in [-0.15, -0.1) is 0 Å². The molecule has 122 valence electrons. The molecule has 0 aromatic rings. The molecule has 1 rings (SSSR count). The topological polar surface area (TPSA) is 38.7 Å². The van der Waals surface area contributed by atoms with Crippen LogP contribution in [0.15, 0.2) is 23.3 Å². The summed E-state index contributed by atoms with van der Waals surface area (Å²) >= 11 is 0. The van der Waals surface area contributed by atoms with Crippen molar-refractivity contribution in [3.8, 4) is 0 Å². The molecular weight excluding hydrogens is 264 g/mol. The lowest BCUT2D eigenvalue weighted by molar-refractivity contribution is -0.0977. The van der Waals surface area contributed by atoms with Crippen LogP contribution in [-0.4, -0.2) is 31.2 Å². The Morgan fingerprint density at radius 2 is 1.71 bits per heavy atom. The first kappa shape index (κ1) is 18.4. The number of ether oxygens (including phenoxy) is 2. The Hall–Kier alpha value is -0.640. The van der Waals surface area contributed by atoms with Crippen molar-refractivity contribution in [1.82, 2.24) is 0 Å². The van der Waals surface area contributed by atoms with Crippen LogP contribution < -0.4 is 0 Å². The van der Waals surface area contributed by atoms with Gasteiger partial charge in [0.2, 0.25) is 0 Å². The Kier molecular flexibility index (Phi) is 8.90. The first-order chi connectivity index (χ1) is 10.0. The highest BCUT2D eigenvalue weighted by molar-refractivity contribution is 5.03. The van der Waals surface area contributed by atoms with E-state index in [1.54, 1.807) is 0 Å². The minimum absolute atomic E-state index is 0.00691. The molecule has 1 N–H and O–H groups in total. The van der Waals surface area contributed by atoms with Crippen molar-refractivity contribution in [1.29, 1.82) is 0 Å². The molecule has 0 aromatic heterocycles. The number of hydrogen-bond donors (Lipinski definition) is 1. The lowest BCUT2D eigenvalue weighted by Gasteiger charge is -2.25. The molecule has 1 aliphatic heterocycles. The van der Waals surface area contributed by atoms with Crippen LogP contribution >= 0.6 is 0 Å². The predicted octanol–water partition coefficient (Wildman–Crippen LogP) is 4.08. The van der Waals surface area contributed by atoms with Gasteiger partial charge in [0.15, 0.2) is 6.29 Å². The van der Waals surface area contributed by atoms with E-state index in [1.807, 2.05) is 6.08 Å². The second-order valence-corrected chi connectivity index (χ2v) is 6.38. The summed E-state index contributed by atoms with van der Waals surface area (Å²) in [5, 5.41) is 8.83. The first-order valence-electron chi connectivity index (χ1n) is 8.20. The molecule has 1 atom stereocenters. The number of allylic oxidation sites excluding steroid dienone is 3. The average molecular weight is 296 g/mol. The Balaban J connectivity index is 2.35. The fourth-order valence-electron chi connectivity index (χ4n) is 2.71. The van der Waals surface area contributed by atoms with Gasteiger partial charge >= 0.3 is 0 Å². The third-order valence-corrected chi connectivity index (χ3v) is 4.20. The fraction of sp³-hybridized carbons (Fsp3) is 0.778. The maximum atomic E-state index is 8.83. The van der Waals surface area contributed by atoms with Crippen LogP contribution in [0.25, 0.3) is 0 Å². The van der Waals surface area contributed by atoms with Gasteiger partial charge in [0.25, 0.3) is 0 Å². The van der Waals surface area contributed by atoms with E-state index in [9.17, 15) is 0 Å². The summed E-state index contributed by atoms with van der Waals surface area (Å²) in [6, 6.07) is 0. The molecular formula is C18H32O3. The lowest BCUT2D eigenvalue weighted by atomic mass is 9.89. The van der Waals surface area contributed by atoms with Crippen molar-refractivity contribution >= 4 is 0 Å². The number of hydrogen-bond acceptors (Lipinski definition) is 3. The summed E-state index contributed by atoms with van der Waals surface area (Å²) in [5.41, 5.74) is 2.70. The zero-order valence-corrected chi connectivity index (χ0v) is 14.1. The number of rotatable bonds is 9. The van der Waals surface area contributed by atoms with E-state index in [-0.39, 0.29) is 12.9 Å². The summed E-state index contributed by atoms with van der Waals surface area (Å²) in [6.45, 7) is 10.4. The van der Waals surface area contributed by atoms with E-state index in [4.69, 9.17) is 14.6 Å². The van der Waals surface area contributed by atoms with Gasteiger partial charge in [-0.2, -0.15) is 0 Å². The second kappa shape index (κ2) is 10.1. The Labute approximate surface area is 130 Å². The summed E-state index contributed by atoms with van der Waals surface area (Å²) in [5.74, 6) is 1.06. The molecule has 21 heavy (non-hydrogen) atoms. The smallest absolute Gasteiger partial charge is 0.160 e. The van der Waals surface area contributed by atoms with Crippen molar-refractivity contribution in [2.24, 2.45) is 11.8 Å². The quantitative estimate of drug-likeness (QED) is 0.652. The van der Waals surface area contributed by atoms with E-state index in [1.165, 1.54) is 11.1 Å². The standard InChI is InChI=1S/C18H32O3/c1-14(2)17(18-20-12-13-21-18)9-8-15(3)6-5-7-16(4)10-11-19/h6,10,14,17-19H,5,7-9,11-13H2,1-4H3/b15-6+,16-10+/t17-/m0/s1. The molecule has 1 aliphatic rings. The maximum Gasteiger partial charge on any atom is 0.160 e. The highest BCUT2D eigenvalue weighted by atomic mass is 16.7. The molecule has 1 fully saturated rings. The predicted molar refractivity (Wildman–Crippen MR) is 87.1 cm³/mol. The third-order valence-electron chi connectivity index (χ3n) is 4.20. The number of aliphatic hydroxyl groups excluding tert-OH is 1. The molecule has 0 unspecified atom stereocenters. The molecule has 0 aliphatic carbocycles. The summed E-state index contributed by atoms with van der Waals surface area (Å²) < 4.78 is 11.4. The van der Waals surface area contributed by atoms with Crippen LogP contribution in [0.1, 0.15) is 53.4 Å². The van der Waals surface area contributed by atoms with Crippen LogP contribution in [0.3, 0.4) is 0 Å². The van der Waals surface area contributed by atoms with Gasteiger partial charge in [0, 0.05) is 5.92 Å². The normalized spacial score (nSPS) is 19.5. The minimum atomic E-state index is -0.00691. The van der Waals surface area contributed by atoms with Gasteiger partial charge in [0.05, 0.1) is 19.8 Å². The molecule has 0 aromatic carbocycles. The molecule has 0 saturated carbocycles. The Morgan fingerprint density at radius 3 is 2.29 bits per heavy atom. The van der Waals surface area contributed by atoms with Crippen LogP contribution in [-0.2, 0) is 9.47 Å². The molecule has 3 heteroatoms. The molecule has 0 radical (unpaired) electrons. The van der Waals surface area contributed by atoms with Gasteiger partial charge in [0.1, 0.15) is 0 Å². The Bertz CT molecular complexity index is 338. The monoisotopic (exact) mass is 296 g/mol. The van der Waals surface area contributed by atoms with Crippen LogP contribution in [0.4, 0.5) is 0 Å². The molecule has 0 amide bonds. The molecule has 3 nitrogen and oxygen atoms in total. The van der Waals surface area contributed by atoms with Gasteiger partial charge in [-0.3, -0.25) is 0 Å². The molecule has 1 heterocycles. The van der Waals surface area contributed by atoms with E-state index in [0.717, 1.165) is 38.9 Å². The van der Waals surface area contributed by atoms with Gasteiger partial charge in [-0.1, -0.05) is 37.1 Å². The van der Waals surface area contributed by atoms with Crippen molar-refractivity contribution in [2.75, 3.05) is 19.8 Å². The number of aliphatic hydroxyl groups is 1. The van der Waals surface area contributed by atoms with Crippen LogP contribution in [0, 0.1) is 11.8 Å². The SMILES string of the molecule is C/C(=C\CO)CC/C=C(\C)CC[C@@H](C(C)C)C1OCCO1. The lowest BCUT2D eigenvalue weighted by Crippen LogP contribution is -2.26.